The zero-order chi connectivity index (χ0) is 12.5. The predicted octanol–water partition coefficient (Wildman–Crippen LogP) is 0.962. The summed E-state index contributed by atoms with van der Waals surface area (Å²) >= 11 is 1.11. The molecule has 2 heterocycles. The molecule has 2 aromatic rings. The highest BCUT2D eigenvalue weighted by Gasteiger charge is 2.17. The van der Waals surface area contributed by atoms with Gasteiger partial charge in [0.1, 0.15) is 0 Å². The van der Waals surface area contributed by atoms with Crippen molar-refractivity contribution in [3.05, 3.63) is 28.5 Å². The molecule has 6 nitrogen and oxygen atoms in total. The lowest BCUT2D eigenvalue weighted by atomic mass is 10.4. The number of hydrogen-bond acceptors (Lipinski definition) is 5. The van der Waals surface area contributed by atoms with E-state index in [4.69, 9.17) is 0 Å². The van der Waals surface area contributed by atoms with Crippen molar-refractivity contribution in [2.24, 2.45) is 0 Å². The second-order valence-electron chi connectivity index (χ2n) is 3.62. The number of sulfonamides is 1. The monoisotopic (exact) mass is 272 g/mol. The molecule has 0 aliphatic heterocycles. The number of H-pyrrole nitrogens is 1. The van der Waals surface area contributed by atoms with Crippen molar-refractivity contribution in [1.82, 2.24) is 19.9 Å². The average molecular weight is 272 g/mol. The van der Waals surface area contributed by atoms with Crippen LogP contribution in [-0.4, -0.2) is 23.6 Å². The fraction of sp³-hybridized carbons (Fsp3) is 0.333. The molecule has 0 radical (unpaired) electrons. The van der Waals surface area contributed by atoms with Crippen LogP contribution in [-0.2, 0) is 16.6 Å². The number of aryl methyl sites for hydroxylation is 2. The van der Waals surface area contributed by atoms with Crippen LogP contribution in [0.1, 0.15) is 17.1 Å². The molecule has 92 valence electrons. The van der Waals surface area contributed by atoms with Gasteiger partial charge in [0.2, 0.25) is 4.34 Å². The van der Waals surface area contributed by atoms with Gasteiger partial charge in [-0.3, -0.25) is 5.10 Å². The molecule has 2 N–H and O–H groups in total. The Bertz CT molecular complexity index is 614. The first-order chi connectivity index (χ1) is 7.97. The Kier molecular flexibility index (Phi) is 3.27. The van der Waals surface area contributed by atoms with E-state index in [-0.39, 0.29) is 10.9 Å². The minimum Gasteiger partial charge on any atom is -0.283 e. The molecule has 0 amide bonds. The van der Waals surface area contributed by atoms with Crippen molar-refractivity contribution >= 4 is 21.4 Å². The zero-order valence-electron chi connectivity index (χ0n) is 9.39. The number of nitrogens with one attached hydrogen (secondary N) is 2. The summed E-state index contributed by atoms with van der Waals surface area (Å²) in [5, 5.41) is 8.40. The molecule has 17 heavy (non-hydrogen) atoms. The van der Waals surface area contributed by atoms with Crippen molar-refractivity contribution in [3.8, 4) is 0 Å². The van der Waals surface area contributed by atoms with Crippen LogP contribution in [0, 0.1) is 13.8 Å². The maximum absolute atomic E-state index is 11.8. The smallest absolute Gasteiger partial charge is 0.268 e. The molecule has 0 unspecified atom stereocenters. The van der Waals surface area contributed by atoms with Gasteiger partial charge in [-0.15, -0.1) is 11.3 Å². The second kappa shape index (κ2) is 4.55. The van der Waals surface area contributed by atoms with Gasteiger partial charge in [0.25, 0.3) is 10.0 Å². The summed E-state index contributed by atoms with van der Waals surface area (Å²) in [6.07, 6.45) is 0. The molecular formula is C9H12N4O2S2. The van der Waals surface area contributed by atoms with Crippen LogP contribution >= 0.6 is 11.3 Å². The lowest BCUT2D eigenvalue weighted by Crippen LogP contribution is -2.23. The highest BCUT2D eigenvalue weighted by molar-refractivity contribution is 7.91. The molecule has 0 atom stereocenters. The molecule has 0 aromatic carbocycles. The fourth-order valence-corrected chi connectivity index (χ4v) is 3.33. The quantitative estimate of drug-likeness (QED) is 0.867. The van der Waals surface area contributed by atoms with Crippen molar-refractivity contribution in [2.45, 2.75) is 24.7 Å². The van der Waals surface area contributed by atoms with Gasteiger partial charge in [-0.05, 0) is 19.9 Å². The summed E-state index contributed by atoms with van der Waals surface area (Å²) in [6, 6.07) is 1.79. The molecule has 2 rings (SSSR count). The third kappa shape index (κ3) is 2.90. The highest BCUT2D eigenvalue weighted by Crippen LogP contribution is 2.15. The van der Waals surface area contributed by atoms with E-state index in [1.807, 2.05) is 6.92 Å². The number of aromatic amines is 1. The van der Waals surface area contributed by atoms with Gasteiger partial charge in [0, 0.05) is 16.8 Å². The van der Waals surface area contributed by atoms with Crippen LogP contribution in [0.2, 0.25) is 0 Å². The summed E-state index contributed by atoms with van der Waals surface area (Å²) in [6.45, 7) is 3.77. The third-order valence-corrected chi connectivity index (χ3v) is 4.80. The van der Waals surface area contributed by atoms with Crippen molar-refractivity contribution < 1.29 is 8.42 Å². The van der Waals surface area contributed by atoms with Crippen LogP contribution in [0.25, 0.3) is 0 Å². The Morgan fingerprint density at radius 1 is 1.47 bits per heavy atom. The normalized spacial score (nSPS) is 11.9. The fourth-order valence-electron chi connectivity index (χ4n) is 1.25. The number of nitrogens with zero attached hydrogens (tertiary/aromatic N) is 2. The summed E-state index contributed by atoms with van der Waals surface area (Å²) in [4.78, 5) is 3.94. The SMILES string of the molecule is Cc1csc(S(=O)(=O)NCc2cc(C)[nH]n2)n1. The van der Waals surface area contributed by atoms with Gasteiger partial charge in [-0.1, -0.05) is 0 Å². The standard InChI is InChI=1S/C9H12N4O2S2/c1-6-3-8(13-12-6)4-10-17(14,15)9-11-7(2)5-16-9/h3,5,10H,4H2,1-2H3,(H,12,13). The predicted molar refractivity (Wildman–Crippen MR) is 64.2 cm³/mol. The highest BCUT2D eigenvalue weighted by atomic mass is 32.2. The maximum Gasteiger partial charge on any atom is 0.268 e. The molecular weight excluding hydrogens is 260 g/mol. The topological polar surface area (TPSA) is 87.7 Å². The minimum atomic E-state index is -3.52. The third-order valence-electron chi connectivity index (χ3n) is 2.03. The average Bonchev–Trinajstić information content (AvgIpc) is 2.85. The Labute approximate surface area is 103 Å². The van der Waals surface area contributed by atoms with Gasteiger partial charge >= 0.3 is 0 Å². The Balaban J connectivity index is 2.08. The van der Waals surface area contributed by atoms with Crippen molar-refractivity contribution in [3.63, 3.8) is 0 Å². The number of rotatable bonds is 4. The van der Waals surface area contributed by atoms with Crippen LogP contribution in [0.3, 0.4) is 0 Å². The van der Waals surface area contributed by atoms with E-state index >= 15 is 0 Å². The Hall–Kier alpha value is -1.25. The molecule has 0 spiro atoms. The summed E-state index contributed by atoms with van der Waals surface area (Å²) in [5.74, 6) is 0. The van der Waals surface area contributed by atoms with Crippen molar-refractivity contribution in [2.75, 3.05) is 0 Å². The van der Waals surface area contributed by atoms with E-state index < -0.39 is 10.0 Å². The summed E-state index contributed by atoms with van der Waals surface area (Å²) in [7, 11) is -3.52. The number of aromatic nitrogens is 3. The minimum absolute atomic E-state index is 0.0854. The van der Waals surface area contributed by atoms with Gasteiger partial charge < -0.3 is 0 Å². The van der Waals surface area contributed by atoms with Gasteiger partial charge in [0.05, 0.1) is 12.2 Å². The summed E-state index contributed by atoms with van der Waals surface area (Å²) < 4.78 is 26.2. The lowest BCUT2D eigenvalue weighted by Gasteiger charge is -2.00. The first kappa shape index (κ1) is 12.2. The molecule has 2 aromatic heterocycles. The molecule has 0 bridgehead atoms. The Morgan fingerprint density at radius 3 is 2.76 bits per heavy atom. The van der Waals surface area contributed by atoms with Crippen LogP contribution < -0.4 is 4.72 Å². The first-order valence-electron chi connectivity index (χ1n) is 4.90. The number of hydrogen-bond donors (Lipinski definition) is 2. The van der Waals surface area contributed by atoms with E-state index in [0.29, 0.717) is 11.4 Å². The van der Waals surface area contributed by atoms with Crippen LogP contribution in [0.4, 0.5) is 0 Å². The summed E-state index contributed by atoms with van der Waals surface area (Å²) in [5.41, 5.74) is 2.25. The molecule has 0 fully saturated rings. The van der Waals surface area contributed by atoms with Crippen LogP contribution in [0.15, 0.2) is 15.8 Å². The van der Waals surface area contributed by atoms with Gasteiger partial charge in [-0.2, -0.15) is 5.10 Å². The van der Waals surface area contributed by atoms with Gasteiger partial charge in [-0.25, -0.2) is 18.1 Å². The Morgan fingerprint density at radius 2 is 2.24 bits per heavy atom. The zero-order valence-corrected chi connectivity index (χ0v) is 11.0. The van der Waals surface area contributed by atoms with Crippen LogP contribution in [0.5, 0.6) is 0 Å². The van der Waals surface area contributed by atoms with Crippen molar-refractivity contribution in [1.29, 1.82) is 0 Å². The molecule has 0 saturated heterocycles. The number of thiazole rings is 1. The van der Waals surface area contributed by atoms with E-state index in [1.54, 1.807) is 18.4 Å². The second-order valence-corrected chi connectivity index (χ2v) is 6.42. The molecule has 0 aliphatic rings. The lowest BCUT2D eigenvalue weighted by molar-refractivity contribution is 0.579. The maximum atomic E-state index is 11.8. The van der Waals surface area contributed by atoms with E-state index in [0.717, 1.165) is 17.0 Å². The van der Waals surface area contributed by atoms with Gasteiger partial charge in [0.15, 0.2) is 0 Å². The molecule has 8 heteroatoms. The molecule has 0 saturated carbocycles. The van der Waals surface area contributed by atoms with E-state index in [2.05, 4.69) is 19.9 Å². The first-order valence-corrected chi connectivity index (χ1v) is 7.26. The molecule has 0 aliphatic carbocycles. The van der Waals surface area contributed by atoms with E-state index in [9.17, 15) is 8.42 Å². The van der Waals surface area contributed by atoms with E-state index in [1.165, 1.54) is 0 Å². The largest absolute Gasteiger partial charge is 0.283 e.